The molecular weight excluding hydrogens is 388 g/mol. The number of nitrogens with one attached hydrogen (secondary N) is 2. The Morgan fingerprint density at radius 3 is 2.46 bits per heavy atom. The molecule has 0 saturated carbocycles. The molecule has 3 rings (SSSR count). The van der Waals surface area contributed by atoms with Crippen LogP contribution in [0.25, 0.3) is 0 Å². The van der Waals surface area contributed by atoms with Gasteiger partial charge >= 0.3 is 0 Å². The first-order valence-electron chi connectivity index (χ1n) is 8.79. The number of rotatable bonds is 6. The summed E-state index contributed by atoms with van der Waals surface area (Å²) in [4.78, 5) is 26.3. The highest BCUT2D eigenvalue weighted by molar-refractivity contribution is 5.88. The summed E-state index contributed by atoms with van der Waals surface area (Å²) in [6.45, 7) is 1.43. The molecule has 1 atom stereocenters. The van der Waals surface area contributed by atoms with Crippen molar-refractivity contribution >= 4 is 24.2 Å². The molecule has 0 aliphatic carbocycles. The summed E-state index contributed by atoms with van der Waals surface area (Å²) in [5.74, 6) is -1.84. The monoisotopic (exact) mass is 409 g/mol. The molecule has 1 fully saturated rings. The highest BCUT2D eigenvalue weighted by Crippen LogP contribution is 2.14. The molecule has 1 heterocycles. The summed E-state index contributed by atoms with van der Waals surface area (Å²) < 4.78 is 26.7. The van der Waals surface area contributed by atoms with E-state index in [1.165, 1.54) is 17.0 Å². The van der Waals surface area contributed by atoms with E-state index < -0.39 is 17.7 Å². The van der Waals surface area contributed by atoms with Crippen LogP contribution < -0.4 is 10.6 Å². The van der Waals surface area contributed by atoms with Gasteiger partial charge in [0.2, 0.25) is 11.8 Å². The van der Waals surface area contributed by atoms with Crippen LogP contribution in [0.15, 0.2) is 48.5 Å². The number of amides is 2. The van der Waals surface area contributed by atoms with Crippen molar-refractivity contribution in [3.63, 3.8) is 0 Å². The van der Waals surface area contributed by atoms with E-state index in [9.17, 15) is 18.4 Å². The van der Waals surface area contributed by atoms with Crippen molar-refractivity contribution in [1.82, 2.24) is 15.5 Å². The number of hydrogen-bond acceptors (Lipinski definition) is 3. The van der Waals surface area contributed by atoms with Gasteiger partial charge < -0.3 is 15.5 Å². The number of carbonyl (C=O) groups excluding carboxylic acids is 2. The highest BCUT2D eigenvalue weighted by atomic mass is 35.5. The molecule has 2 amide bonds. The second kappa shape index (κ2) is 10.1. The fourth-order valence-electron chi connectivity index (χ4n) is 3.08. The maximum Gasteiger partial charge on any atom is 0.240 e. The van der Waals surface area contributed by atoms with Gasteiger partial charge in [-0.3, -0.25) is 9.59 Å². The molecule has 1 aliphatic heterocycles. The number of benzene rings is 2. The molecule has 8 heteroatoms. The van der Waals surface area contributed by atoms with E-state index in [0.717, 1.165) is 11.6 Å². The minimum atomic E-state index is -0.676. The van der Waals surface area contributed by atoms with Crippen LogP contribution in [-0.4, -0.2) is 35.8 Å². The Labute approximate surface area is 168 Å². The third-order valence-corrected chi connectivity index (χ3v) is 4.40. The number of halogens is 3. The average molecular weight is 410 g/mol. The van der Waals surface area contributed by atoms with Gasteiger partial charge in [-0.25, -0.2) is 8.78 Å². The molecule has 1 aliphatic rings. The molecule has 5 nitrogen and oxygen atoms in total. The standard InChI is InChI=1S/C20H21F2N3O2.ClH/c21-16-8-15(9-17(22)10-16)13-25-7-6-23-18(20(25)27)11-19(26)24-12-14-4-2-1-3-5-14;/h1-5,8-10,18,23H,6-7,11-13H2,(H,24,26);1H. The van der Waals surface area contributed by atoms with Gasteiger partial charge in [-0.2, -0.15) is 0 Å². The SMILES string of the molecule is Cl.O=C(CC1NCCN(Cc2cc(F)cc(F)c2)C1=O)NCc1ccccc1. The van der Waals surface area contributed by atoms with Crippen molar-refractivity contribution in [3.8, 4) is 0 Å². The summed E-state index contributed by atoms with van der Waals surface area (Å²) in [6, 6.07) is 12.1. The minimum Gasteiger partial charge on any atom is -0.352 e. The van der Waals surface area contributed by atoms with Gasteiger partial charge in [-0.15, -0.1) is 12.4 Å². The maximum absolute atomic E-state index is 13.3. The van der Waals surface area contributed by atoms with Crippen molar-refractivity contribution in [2.75, 3.05) is 13.1 Å². The van der Waals surface area contributed by atoms with Crippen molar-refractivity contribution < 1.29 is 18.4 Å². The van der Waals surface area contributed by atoms with Crippen LogP contribution in [0.2, 0.25) is 0 Å². The molecule has 2 aromatic carbocycles. The van der Waals surface area contributed by atoms with Crippen LogP contribution in [-0.2, 0) is 22.7 Å². The summed E-state index contributed by atoms with van der Waals surface area (Å²) in [5, 5.41) is 5.83. The number of nitrogens with zero attached hydrogens (tertiary/aromatic N) is 1. The van der Waals surface area contributed by atoms with Gasteiger partial charge in [0.1, 0.15) is 11.6 Å². The van der Waals surface area contributed by atoms with E-state index in [4.69, 9.17) is 0 Å². The second-order valence-electron chi connectivity index (χ2n) is 6.51. The summed E-state index contributed by atoms with van der Waals surface area (Å²) in [5.41, 5.74) is 1.36. The van der Waals surface area contributed by atoms with E-state index in [0.29, 0.717) is 25.2 Å². The number of piperazine rings is 1. The summed E-state index contributed by atoms with van der Waals surface area (Å²) in [7, 11) is 0. The molecule has 2 aromatic rings. The molecule has 0 bridgehead atoms. The lowest BCUT2D eigenvalue weighted by atomic mass is 10.1. The molecule has 0 aromatic heterocycles. The quantitative estimate of drug-likeness (QED) is 0.770. The van der Waals surface area contributed by atoms with Crippen molar-refractivity contribution in [1.29, 1.82) is 0 Å². The van der Waals surface area contributed by atoms with Crippen LogP contribution in [0.4, 0.5) is 8.78 Å². The lowest BCUT2D eigenvalue weighted by Gasteiger charge is -2.33. The van der Waals surface area contributed by atoms with Gasteiger partial charge in [0, 0.05) is 32.2 Å². The molecule has 1 saturated heterocycles. The zero-order valence-corrected chi connectivity index (χ0v) is 16.0. The smallest absolute Gasteiger partial charge is 0.240 e. The zero-order chi connectivity index (χ0) is 19.2. The van der Waals surface area contributed by atoms with E-state index in [-0.39, 0.29) is 37.2 Å². The second-order valence-corrected chi connectivity index (χ2v) is 6.51. The Bertz CT molecular complexity index is 800. The lowest BCUT2D eigenvalue weighted by molar-refractivity contribution is -0.138. The van der Waals surface area contributed by atoms with Crippen molar-refractivity contribution in [2.24, 2.45) is 0 Å². The van der Waals surface area contributed by atoms with Gasteiger partial charge in [0.05, 0.1) is 12.5 Å². The number of hydrogen-bond donors (Lipinski definition) is 2. The fraction of sp³-hybridized carbons (Fsp3) is 0.300. The summed E-state index contributed by atoms with van der Waals surface area (Å²) >= 11 is 0. The Hall–Kier alpha value is -2.51. The average Bonchev–Trinajstić information content (AvgIpc) is 2.63. The van der Waals surface area contributed by atoms with Gasteiger partial charge in [-0.05, 0) is 23.3 Å². The third kappa shape index (κ3) is 6.00. The highest BCUT2D eigenvalue weighted by Gasteiger charge is 2.30. The first-order valence-corrected chi connectivity index (χ1v) is 8.79. The maximum atomic E-state index is 13.3. The Kier molecular flexibility index (Phi) is 7.90. The van der Waals surface area contributed by atoms with E-state index in [2.05, 4.69) is 10.6 Å². The van der Waals surface area contributed by atoms with Crippen LogP contribution >= 0.6 is 12.4 Å². The third-order valence-electron chi connectivity index (χ3n) is 4.40. The van der Waals surface area contributed by atoms with E-state index >= 15 is 0 Å². The topological polar surface area (TPSA) is 61.4 Å². The predicted octanol–water partition coefficient (Wildman–Crippen LogP) is 2.39. The largest absolute Gasteiger partial charge is 0.352 e. The summed E-state index contributed by atoms with van der Waals surface area (Å²) in [6.07, 6.45) is 0.0136. The molecule has 150 valence electrons. The minimum absolute atomic E-state index is 0. The Morgan fingerprint density at radius 2 is 1.79 bits per heavy atom. The van der Waals surface area contributed by atoms with Crippen LogP contribution in [0, 0.1) is 11.6 Å². The molecule has 28 heavy (non-hydrogen) atoms. The first-order chi connectivity index (χ1) is 13.0. The van der Waals surface area contributed by atoms with E-state index in [1.807, 2.05) is 30.3 Å². The van der Waals surface area contributed by atoms with Crippen LogP contribution in [0.5, 0.6) is 0 Å². The predicted molar refractivity (Wildman–Crippen MR) is 104 cm³/mol. The van der Waals surface area contributed by atoms with Gasteiger partial charge in [0.25, 0.3) is 0 Å². The van der Waals surface area contributed by atoms with Crippen LogP contribution in [0.1, 0.15) is 17.5 Å². The number of carbonyl (C=O) groups is 2. The molecule has 1 unspecified atom stereocenters. The molecular formula is C20H22ClF2N3O2. The van der Waals surface area contributed by atoms with Crippen molar-refractivity contribution in [3.05, 3.63) is 71.3 Å². The lowest BCUT2D eigenvalue weighted by Crippen LogP contribution is -2.55. The van der Waals surface area contributed by atoms with Gasteiger partial charge in [0.15, 0.2) is 0 Å². The Balaban J connectivity index is 0.00000280. The molecule has 0 spiro atoms. The van der Waals surface area contributed by atoms with Crippen LogP contribution in [0.3, 0.4) is 0 Å². The normalized spacial score (nSPS) is 16.4. The molecule has 0 radical (unpaired) electrons. The van der Waals surface area contributed by atoms with E-state index in [1.54, 1.807) is 0 Å². The van der Waals surface area contributed by atoms with Crippen molar-refractivity contribution in [2.45, 2.75) is 25.6 Å². The van der Waals surface area contributed by atoms with Gasteiger partial charge in [-0.1, -0.05) is 30.3 Å². The Morgan fingerprint density at radius 1 is 1.11 bits per heavy atom. The first kappa shape index (κ1) is 21.8. The fourth-order valence-corrected chi connectivity index (χ4v) is 3.08. The zero-order valence-electron chi connectivity index (χ0n) is 15.2. The molecule has 2 N–H and O–H groups in total.